The second-order valence-electron chi connectivity index (χ2n) is 6.55. The van der Waals surface area contributed by atoms with Gasteiger partial charge in [0, 0.05) is 25.8 Å². The van der Waals surface area contributed by atoms with Gasteiger partial charge in [0.25, 0.3) is 0 Å². The van der Waals surface area contributed by atoms with Crippen molar-refractivity contribution in [2.24, 2.45) is 0 Å². The van der Waals surface area contributed by atoms with E-state index in [2.05, 4.69) is 9.82 Å². The fraction of sp³-hybridized carbons (Fsp3) is 0.750. The van der Waals surface area contributed by atoms with Crippen LogP contribution in [0.2, 0.25) is 0 Å². The smallest absolute Gasteiger partial charge is 0.246 e. The predicted molar refractivity (Wildman–Crippen MR) is 93.8 cm³/mol. The second-order valence-corrected chi connectivity index (χ2v) is 8.42. The van der Waals surface area contributed by atoms with Crippen molar-refractivity contribution in [3.05, 3.63) is 12.3 Å². The number of anilines is 1. The van der Waals surface area contributed by atoms with Gasteiger partial charge in [-0.2, -0.15) is 5.10 Å². The number of hydrogen-bond donors (Lipinski definition) is 1. The van der Waals surface area contributed by atoms with E-state index in [0.29, 0.717) is 32.5 Å². The molecule has 140 valence electrons. The van der Waals surface area contributed by atoms with Gasteiger partial charge in [-0.15, -0.1) is 0 Å². The molecule has 2 fully saturated rings. The molecule has 1 aromatic heterocycles. The number of ether oxygens (including phenoxy) is 1. The van der Waals surface area contributed by atoms with Gasteiger partial charge in [0.2, 0.25) is 15.9 Å². The topological polar surface area (TPSA) is 93.5 Å². The van der Waals surface area contributed by atoms with E-state index in [0.717, 1.165) is 25.1 Å². The van der Waals surface area contributed by atoms with Crippen molar-refractivity contribution in [2.75, 3.05) is 23.8 Å². The van der Waals surface area contributed by atoms with E-state index in [4.69, 9.17) is 4.74 Å². The number of sulfonamides is 1. The normalized spacial score (nSPS) is 24.8. The van der Waals surface area contributed by atoms with Gasteiger partial charge >= 0.3 is 0 Å². The first-order valence-electron chi connectivity index (χ1n) is 8.95. The van der Waals surface area contributed by atoms with E-state index in [9.17, 15) is 13.2 Å². The molecule has 0 spiro atoms. The lowest BCUT2D eigenvalue weighted by molar-refractivity contribution is -0.121. The summed E-state index contributed by atoms with van der Waals surface area (Å²) in [6.45, 7) is 3.90. The molecule has 2 atom stereocenters. The predicted octanol–water partition coefficient (Wildman–Crippen LogP) is 0.887. The minimum Gasteiger partial charge on any atom is -0.378 e. The highest BCUT2D eigenvalue weighted by Gasteiger charge is 2.34. The SMILES string of the molecule is CCn1nccc1N1CCCC(NS(=O)(=O)CCC2CCCO2)C1=O. The van der Waals surface area contributed by atoms with Crippen molar-refractivity contribution >= 4 is 21.7 Å². The second kappa shape index (κ2) is 7.84. The van der Waals surface area contributed by atoms with E-state index < -0.39 is 16.1 Å². The van der Waals surface area contributed by atoms with Crippen LogP contribution in [0.15, 0.2) is 12.3 Å². The lowest BCUT2D eigenvalue weighted by Gasteiger charge is -2.32. The van der Waals surface area contributed by atoms with E-state index >= 15 is 0 Å². The number of hydrogen-bond acceptors (Lipinski definition) is 5. The Hall–Kier alpha value is -1.45. The highest BCUT2D eigenvalue weighted by molar-refractivity contribution is 7.89. The highest BCUT2D eigenvalue weighted by Crippen LogP contribution is 2.22. The number of nitrogens with one attached hydrogen (secondary N) is 1. The number of aromatic nitrogens is 2. The molecular weight excluding hydrogens is 344 g/mol. The standard InChI is InChI=1S/C16H26N4O4S/c1-2-20-15(7-9-17-20)19-10-3-6-14(16(19)21)18-25(22,23)12-8-13-5-4-11-24-13/h7,9,13-14,18H,2-6,8,10-12H2,1H3. The third-order valence-electron chi connectivity index (χ3n) is 4.76. The van der Waals surface area contributed by atoms with Crippen LogP contribution in [-0.4, -0.2) is 55.2 Å². The largest absolute Gasteiger partial charge is 0.378 e. The third kappa shape index (κ3) is 4.39. The van der Waals surface area contributed by atoms with E-state index in [1.807, 2.05) is 6.92 Å². The monoisotopic (exact) mass is 370 g/mol. The maximum Gasteiger partial charge on any atom is 0.246 e. The number of piperidine rings is 1. The van der Waals surface area contributed by atoms with Gasteiger partial charge in [-0.1, -0.05) is 0 Å². The summed E-state index contributed by atoms with van der Waals surface area (Å²) in [5.41, 5.74) is 0. The van der Waals surface area contributed by atoms with Gasteiger partial charge in [0.1, 0.15) is 11.9 Å². The molecule has 3 rings (SSSR count). The molecule has 1 aromatic rings. The van der Waals surface area contributed by atoms with Crippen LogP contribution in [0.4, 0.5) is 5.82 Å². The Morgan fingerprint density at radius 1 is 1.36 bits per heavy atom. The summed E-state index contributed by atoms with van der Waals surface area (Å²) in [5, 5.41) is 4.19. The Morgan fingerprint density at radius 3 is 2.92 bits per heavy atom. The van der Waals surface area contributed by atoms with E-state index in [-0.39, 0.29) is 17.8 Å². The Kier molecular flexibility index (Phi) is 5.75. The molecule has 1 amide bonds. The number of carbonyl (C=O) groups excluding carboxylic acids is 1. The van der Waals surface area contributed by atoms with Crippen molar-refractivity contribution in [3.8, 4) is 0 Å². The summed E-state index contributed by atoms with van der Waals surface area (Å²) >= 11 is 0. The zero-order valence-corrected chi connectivity index (χ0v) is 15.4. The quantitative estimate of drug-likeness (QED) is 0.769. The summed E-state index contributed by atoms with van der Waals surface area (Å²) in [7, 11) is -3.51. The molecule has 8 nitrogen and oxygen atoms in total. The van der Waals surface area contributed by atoms with Gasteiger partial charge in [-0.3, -0.25) is 9.69 Å². The first kappa shape index (κ1) is 18.3. The van der Waals surface area contributed by atoms with Crippen LogP contribution in [0.3, 0.4) is 0 Å². The number of aryl methyl sites for hydroxylation is 1. The molecule has 0 saturated carbocycles. The lowest BCUT2D eigenvalue weighted by Crippen LogP contribution is -2.53. The Bertz CT molecular complexity index is 697. The average Bonchev–Trinajstić information content (AvgIpc) is 3.26. The van der Waals surface area contributed by atoms with Gasteiger partial charge in [-0.05, 0) is 39.0 Å². The Balaban J connectivity index is 1.62. The minimum atomic E-state index is -3.51. The Morgan fingerprint density at radius 2 is 2.20 bits per heavy atom. The van der Waals surface area contributed by atoms with Crippen molar-refractivity contribution in [1.82, 2.24) is 14.5 Å². The molecule has 1 N–H and O–H groups in total. The molecule has 0 bridgehead atoms. The van der Waals surface area contributed by atoms with Crippen molar-refractivity contribution in [1.29, 1.82) is 0 Å². The van der Waals surface area contributed by atoms with Gasteiger partial charge < -0.3 is 4.74 Å². The van der Waals surface area contributed by atoms with Crippen LogP contribution in [0.1, 0.15) is 39.0 Å². The van der Waals surface area contributed by atoms with Crippen molar-refractivity contribution in [3.63, 3.8) is 0 Å². The molecule has 2 aliphatic rings. The average molecular weight is 370 g/mol. The highest BCUT2D eigenvalue weighted by atomic mass is 32.2. The Labute approximate surface area is 148 Å². The fourth-order valence-electron chi connectivity index (χ4n) is 3.44. The van der Waals surface area contributed by atoms with Gasteiger partial charge in [0.05, 0.1) is 18.1 Å². The summed E-state index contributed by atoms with van der Waals surface area (Å²) in [5.74, 6) is 0.506. The molecule has 2 unspecified atom stereocenters. The van der Waals surface area contributed by atoms with Gasteiger partial charge in [-0.25, -0.2) is 17.8 Å². The molecule has 0 aliphatic carbocycles. The molecule has 9 heteroatoms. The fourth-order valence-corrected chi connectivity index (χ4v) is 4.79. The maximum atomic E-state index is 12.8. The molecule has 2 saturated heterocycles. The summed E-state index contributed by atoms with van der Waals surface area (Å²) in [6.07, 6.45) is 5.32. The molecule has 3 heterocycles. The lowest BCUT2D eigenvalue weighted by atomic mass is 10.1. The van der Waals surface area contributed by atoms with Crippen LogP contribution < -0.4 is 9.62 Å². The molecule has 0 radical (unpaired) electrons. The zero-order valence-electron chi connectivity index (χ0n) is 14.6. The van der Waals surface area contributed by atoms with Crippen LogP contribution >= 0.6 is 0 Å². The molecular formula is C16H26N4O4S. The summed E-state index contributed by atoms with van der Waals surface area (Å²) < 4.78 is 34.5. The number of carbonyl (C=O) groups is 1. The summed E-state index contributed by atoms with van der Waals surface area (Å²) in [6, 6.07) is 1.08. The third-order valence-corrected chi connectivity index (χ3v) is 6.18. The number of amides is 1. The maximum absolute atomic E-state index is 12.8. The molecule has 0 aromatic carbocycles. The van der Waals surface area contributed by atoms with Crippen molar-refractivity contribution < 1.29 is 17.9 Å². The van der Waals surface area contributed by atoms with Crippen molar-refractivity contribution in [2.45, 2.75) is 57.7 Å². The number of nitrogens with zero attached hydrogens (tertiary/aromatic N) is 3. The zero-order chi connectivity index (χ0) is 17.9. The van der Waals surface area contributed by atoms with Crippen LogP contribution in [-0.2, 0) is 26.1 Å². The summed E-state index contributed by atoms with van der Waals surface area (Å²) in [4.78, 5) is 14.4. The number of rotatable bonds is 7. The van der Waals surface area contributed by atoms with Crippen LogP contribution in [0, 0.1) is 0 Å². The molecule has 25 heavy (non-hydrogen) atoms. The molecule has 2 aliphatic heterocycles. The van der Waals surface area contributed by atoms with Gasteiger partial charge in [0.15, 0.2) is 0 Å². The van der Waals surface area contributed by atoms with E-state index in [1.165, 1.54) is 0 Å². The van der Waals surface area contributed by atoms with Crippen LogP contribution in [0.25, 0.3) is 0 Å². The minimum absolute atomic E-state index is 0.00562. The first-order valence-corrected chi connectivity index (χ1v) is 10.6. The van der Waals surface area contributed by atoms with Crippen LogP contribution in [0.5, 0.6) is 0 Å². The van der Waals surface area contributed by atoms with E-state index in [1.54, 1.807) is 21.8 Å². The first-order chi connectivity index (χ1) is 12.0.